The van der Waals surface area contributed by atoms with Crippen LogP contribution in [0, 0.1) is 0 Å². The molecule has 2 nitrogen and oxygen atoms in total. The second kappa shape index (κ2) is 5.78. The van der Waals surface area contributed by atoms with E-state index >= 15 is 0 Å². The molecule has 1 aromatic rings. The van der Waals surface area contributed by atoms with Crippen molar-refractivity contribution in [2.24, 2.45) is 0 Å². The molecular weight excluding hydrogens is 360 g/mol. The van der Waals surface area contributed by atoms with Gasteiger partial charge in [0.15, 0.2) is 5.50 Å². The number of nitrogens with one attached hydrogen (secondary N) is 1. The Bertz CT molecular complexity index is 376. The van der Waals surface area contributed by atoms with E-state index in [-0.39, 0.29) is 0 Å². The van der Waals surface area contributed by atoms with E-state index < -0.39 is 15.2 Å². The first-order valence-electron chi connectivity index (χ1n) is 4.08. The Labute approximate surface area is 121 Å². The van der Waals surface area contributed by atoms with Crippen molar-refractivity contribution in [3.05, 3.63) is 34.3 Å². The first-order chi connectivity index (χ1) is 7.30. The summed E-state index contributed by atoms with van der Waals surface area (Å²) >= 11 is 25.5. The Balaban J connectivity index is 2.70. The van der Waals surface area contributed by atoms with Crippen LogP contribution in [0.3, 0.4) is 0 Å². The monoisotopic (exact) mass is 363 g/mol. The van der Waals surface area contributed by atoms with Gasteiger partial charge in [0.05, 0.1) is 0 Å². The van der Waals surface area contributed by atoms with E-state index in [0.717, 1.165) is 4.47 Å². The van der Waals surface area contributed by atoms with E-state index in [1.54, 1.807) is 24.3 Å². The van der Waals surface area contributed by atoms with Gasteiger partial charge in [0.1, 0.15) is 0 Å². The van der Waals surface area contributed by atoms with Crippen molar-refractivity contribution in [2.75, 3.05) is 0 Å². The second-order valence-corrected chi connectivity index (χ2v) is 6.61. The van der Waals surface area contributed by atoms with Crippen LogP contribution in [0.4, 0.5) is 0 Å². The lowest BCUT2D eigenvalue weighted by molar-refractivity contribution is 0.0949. The van der Waals surface area contributed by atoms with Gasteiger partial charge in [-0.15, -0.1) is 0 Å². The van der Waals surface area contributed by atoms with Crippen LogP contribution in [0.25, 0.3) is 0 Å². The molecule has 0 fully saturated rings. The molecule has 0 aliphatic carbocycles. The maximum atomic E-state index is 11.6. The molecule has 0 aromatic heterocycles. The molecule has 1 atom stereocenters. The molecule has 1 unspecified atom stereocenters. The highest BCUT2D eigenvalue weighted by Gasteiger charge is 2.32. The standard InChI is InChI=1S/C9H6BrCl4NO/c10-6-3-1-5(2-4-6)7(16)15-8(11)9(12,13)14/h1-4,8H,(H,15,16). The lowest BCUT2D eigenvalue weighted by Crippen LogP contribution is -2.39. The molecule has 7 heteroatoms. The molecule has 88 valence electrons. The molecule has 0 heterocycles. The topological polar surface area (TPSA) is 29.1 Å². The highest BCUT2D eigenvalue weighted by molar-refractivity contribution is 9.10. The second-order valence-electron chi connectivity index (χ2n) is 2.88. The minimum atomic E-state index is -1.74. The van der Waals surface area contributed by atoms with Crippen molar-refractivity contribution in [1.29, 1.82) is 0 Å². The van der Waals surface area contributed by atoms with E-state index in [4.69, 9.17) is 46.4 Å². The van der Waals surface area contributed by atoms with Crippen LogP contribution in [0.5, 0.6) is 0 Å². The van der Waals surface area contributed by atoms with Crippen molar-refractivity contribution in [3.8, 4) is 0 Å². The van der Waals surface area contributed by atoms with Gasteiger partial charge in [0, 0.05) is 10.0 Å². The van der Waals surface area contributed by atoms with Crippen LogP contribution in [0.15, 0.2) is 28.7 Å². The first-order valence-corrected chi connectivity index (χ1v) is 6.44. The molecule has 0 radical (unpaired) electrons. The zero-order valence-corrected chi connectivity index (χ0v) is 12.3. The number of alkyl halides is 4. The Morgan fingerprint density at radius 2 is 1.75 bits per heavy atom. The Morgan fingerprint density at radius 1 is 1.25 bits per heavy atom. The molecule has 1 aromatic carbocycles. The number of rotatable bonds is 2. The first kappa shape index (κ1) is 14.4. The molecule has 0 saturated heterocycles. The highest BCUT2D eigenvalue weighted by Crippen LogP contribution is 2.32. The summed E-state index contributed by atoms with van der Waals surface area (Å²) in [5.41, 5.74) is -0.656. The van der Waals surface area contributed by atoms with Crippen LogP contribution in [0.1, 0.15) is 10.4 Å². The molecule has 0 saturated carbocycles. The Hall–Kier alpha value is 0.330. The summed E-state index contributed by atoms with van der Waals surface area (Å²) in [6.45, 7) is 0. The number of halogens is 5. The fourth-order valence-electron chi connectivity index (χ4n) is 0.882. The number of hydrogen-bond acceptors (Lipinski definition) is 1. The summed E-state index contributed by atoms with van der Waals surface area (Å²) in [6, 6.07) is 6.71. The highest BCUT2D eigenvalue weighted by atomic mass is 79.9. The van der Waals surface area contributed by atoms with Crippen molar-refractivity contribution in [1.82, 2.24) is 5.32 Å². The van der Waals surface area contributed by atoms with Gasteiger partial charge in [-0.1, -0.05) is 62.3 Å². The molecule has 0 spiro atoms. The smallest absolute Gasteiger partial charge is 0.252 e. The average Bonchev–Trinajstić information content (AvgIpc) is 2.17. The summed E-state index contributed by atoms with van der Waals surface area (Å²) in [5.74, 6) is -0.404. The van der Waals surface area contributed by atoms with Crippen LogP contribution >= 0.6 is 62.3 Å². The number of benzene rings is 1. The van der Waals surface area contributed by atoms with E-state index in [0.29, 0.717) is 5.56 Å². The fourth-order valence-corrected chi connectivity index (χ4v) is 1.41. The summed E-state index contributed by atoms with van der Waals surface area (Å²) < 4.78 is -0.875. The number of carbonyl (C=O) groups is 1. The van der Waals surface area contributed by atoms with E-state index in [2.05, 4.69) is 21.2 Å². The number of carbonyl (C=O) groups excluding carboxylic acids is 1. The van der Waals surface area contributed by atoms with Gasteiger partial charge in [-0.3, -0.25) is 4.79 Å². The van der Waals surface area contributed by atoms with Crippen LogP contribution in [-0.4, -0.2) is 15.2 Å². The maximum Gasteiger partial charge on any atom is 0.252 e. The molecular formula is C9H6BrCl4NO. The average molecular weight is 366 g/mol. The zero-order valence-electron chi connectivity index (χ0n) is 7.68. The van der Waals surface area contributed by atoms with Crippen molar-refractivity contribution >= 4 is 68.2 Å². The van der Waals surface area contributed by atoms with Crippen molar-refractivity contribution in [3.63, 3.8) is 0 Å². The van der Waals surface area contributed by atoms with Crippen LogP contribution in [-0.2, 0) is 0 Å². The fraction of sp³-hybridized carbons (Fsp3) is 0.222. The largest absolute Gasteiger partial charge is 0.332 e. The molecule has 1 N–H and O–H groups in total. The van der Waals surface area contributed by atoms with Crippen LogP contribution in [0.2, 0.25) is 0 Å². The van der Waals surface area contributed by atoms with Crippen LogP contribution < -0.4 is 5.32 Å². The zero-order chi connectivity index (χ0) is 12.3. The number of amides is 1. The van der Waals surface area contributed by atoms with E-state index in [9.17, 15) is 4.79 Å². The minimum absolute atomic E-state index is 0.404. The Morgan fingerprint density at radius 3 is 2.19 bits per heavy atom. The lowest BCUT2D eigenvalue weighted by atomic mass is 10.2. The van der Waals surface area contributed by atoms with E-state index in [1.165, 1.54) is 0 Å². The van der Waals surface area contributed by atoms with Gasteiger partial charge >= 0.3 is 0 Å². The third-order valence-corrected chi connectivity index (χ3v) is 3.61. The van der Waals surface area contributed by atoms with Gasteiger partial charge in [-0.05, 0) is 24.3 Å². The predicted molar refractivity (Wildman–Crippen MR) is 71.5 cm³/mol. The third kappa shape index (κ3) is 4.30. The lowest BCUT2D eigenvalue weighted by Gasteiger charge is -2.19. The summed E-state index contributed by atoms with van der Waals surface area (Å²) in [6.07, 6.45) is 0. The van der Waals surface area contributed by atoms with Gasteiger partial charge in [0.25, 0.3) is 5.91 Å². The van der Waals surface area contributed by atoms with E-state index in [1.807, 2.05) is 0 Å². The molecule has 16 heavy (non-hydrogen) atoms. The molecule has 0 aliphatic rings. The normalized spacial score (nSPS) is 13.3. The molecule has 1 amide bonds. The predicted octanol–water partition coefficient (Wildman–Crippen LogP) is 4.11. The molecule has 0 aliphatic heterocycles. The van der Waals surface area contributed by atoms with Gasteiger partial charge in [-0.25, -0.2) is 0 Å². The Kier molecular flexibility index (Phi) is 5.20. The quantitative estimate of drug-likeness (QED) is 0.620. The minimum Gasteiger partial charge on any atom is -0.332 e. The molecule has 0 bridgehead atoms. The van der Waals surface area contributed by atoms with Crippen molar-refractivity contribution < 1.29 is 4.79 Å². The summed E-state index contributed by atoms with van der Waals surface area (Å²) in [4.78, 5) is 11.6. The van der Waals surface area contributed by atoms with Gasteiger partial charge in [-0.2, -0.15) is 0 Å². The third-order valence-electron chi connectivity index (χ3n) is 1.65. The SMILES string of the molecule is O=C(NC(Cl)C(Cl)(Cl)Cl)c1ccc(Br)cc1. The van der Waals surface area contributed by atoms with Gasteiger partial charge in [0.2, 0.25) is 3.79 Å². The van der Waals surface area contributed by atoms with Gasteiger partial charge < -0.3 is 5.32 Å². The maximum absolute atomic E-state index is 11.6. The summed E-state index contributed by atoms with van der Waals surface area (Å²) in [5, 5.41) is 2.37. The molecule has 1 rings (SSSR count). The van der Waals surface area contributed by atoms with Crippen molar-refractivity contribution in [2.45, 2.75) is 9.29 Å². The summed E-state index contributed by atoms with van der Waals surface area (Å²) in [7, 11) is 0. The number of hydrogen-bond donors (Lipinski definition) is 1.